The minimum Gasteiger partial charge on any atom is -0.295 e. The van der Waals surface area contributed by atoms with Crippen molar-refractivity contribution in [3.05, 3.63) is 35.9 Å². The number of hydrogen-bond acceptors (Lipinski definition) is 4. The topological polar surface area (TPSA) is 88.9 Å². The summed E-state index contributed by atoms with van der Waals surface area (Å²) in [6.07, 6.45) is 0.639. The number of nitrogens with zero attached hydrogens (tertiary/aromatic N) is 3. The summed E-state index contributed by atoms with van der Waals surface area (Å²) in [5.41, 5.74) is 0.979. The molecule has 0 saturated heterocycles. The number of anilines is 2. The zero-order chi connectivity index (χ0) is 14.8. The molecule has 21 heavy (non-hydrogen) atoms. The monoisotopic (exact) mass is 285 g/mol. The van der Waals surface area contributed by atoms with Gasteiger partial charge in [-0.25, -0.2) is 4.68 Å². The maximum Gasteiger partial charge on any atom is 0.250 e. The number of hydrogen-bond donors (Lipinski definition) is 2. The van der Waals surface area contributed by atoms with Crippen LogP contribution in [0.15, 0.2) is 30.3 Å². The van der Waals surface area contributed by atoms with Gasteiger partial charge in [-0.1, -0.05) is 37.3 Å². The van der Waals surface area contributed by atoms with Gasteiger partial charge in [-0.3, -0.25) is 20.2 Å². The first kappa shape index (κ1) is 13.3. The zero-order valence-corrected chi connectivity index (χ0v) is 11.5. The summed E-state index contributed by atoms with van der Waals surface area (Å²) in [6.45, 7) is 1.75. The van der Waals surface area contributed by atoms with Gasteiger partial charge < -0.3 is 0 Å². The molecule has 1 aliphatic rings. The van der Waals surface area contributed by atoms with Gasteiger partial charge in [0.15, 0.2) is 0 Å². The van der Waals surface area contributed by atoms with Crippen molar-refractivity contribution in [1.82, 2.24) is 14.8 Å². The van der Waals surface area contributed by atoms with Crippen LogP contribution in [0.1, 0.15) is 31.4 Å². The van der Waals surface area contributed by atoms with E-state index in [0.29, 0.717) is 18.8 Å². The van der Waals surface area contributed by atoms with Crippen LogP contribution in [0, 0.1) is 0 Å². The van der Waals surface area contributed by atoms with E-state index in [9.17, 15) is 9.59 Å². The first-order valence-electron chi connectivity index (χ1n) is 6.78. The van der Waals surface area contributed by atoms with Crippen molar-refractivity contribution in [2.24, 2.45) is 0 Å². The maximum atomic E-state index is 11.8. The second kappa shape index (κ2) is 5.35. The van der Waals surface area contributed by atoms with Crippen LogP contribution in [0.25, 0.3) is 0 Å². The lowest BCUT2D eigenvalue weighted by Gasteiger charge is -2.23. The third kappa shape index (κ3) is 2.62. The fraction of sp³-hybridized carbons (Fsp3) is 0.286. The lowest BCUT2D eigenvalue weighted by Crippen LogP contribution is -2.29. The number of benzene rings is 1. The van der Waals surface area contributed by atoms with Gasteiger partial charge in [0.25, 0.3) is 5.95 Å². The molecule has 1 aromatic heterocycles. The Morgan fingerprint density at radius 2 is 2.19 bits per heavy atom. The van der Waals surface area contributed by atoms with E-state index in [2.05, 4.69) is 20.7 Å². The van der Waals surface area contributed by atoms with Crippen LogP contribution in [-0.2, 0) is 9.59 Å². The molecule has 1 atom stereocenters. The summed E-state index contributed by atoms with van der Waals surface area (Å²) in [5, 5.41) is 9.56. The van der Waals surface area contributed by atoms with E-state index in [1.807, 2.05) is 30.3 Å². The van der Waals surface area contributed by atoms with Crippen molar-refractivity contribution in [2.75, 3.05) is 10.6 Å². The smallest absolute Gasteiger partial charge is 0.250 e. The van der Waals surface area contributed by atoms with E-state index >= 15 is 0 Å². The van der Waals surface area contributed by atoms with Crippen molar-refractivity contribution in [3.63, 3.8) is 0 Å². The standard InChI is InChI=1S/C14H15N5O2/c1-2-11(20)15-13-17-14-16-12(21)8-10(19(14)18-13)9-6-4-3-5-7-9/h3-7,10H,2,8H2,1H3,(H2,15,16,17,18,20,21). The molecule has 3 rings (SSSR count). The van der Waals surface area contributed by atoms with Crippen LogP contribution in [0.3, 0.4) is 0 Å². The molecule has 108 valence electrons. The molecule has 0 radical (unpaired) electrons. The quantitative estimate of drug-likeness (QED) is 0.895. The Morgan fingerprint density at radius 3 is 2.90 bits per heavy atom. The van der Waals surface area contributed by atoms with Crippen LogP contribution >= 0.6 is 0 Å². The third-order valence-electron chi connectivity index (χ3n) is 3.31. The predicted molar refractivity (Wildman–Crippen MR) is 76.8 cm³/mol. The lowest BCUT2D eigenvalue weighted by atomic mass is 10.0. The number of aromatic nitrogens is 3. The molecule has 1 unspecified atom stereocenters. The van der Waals surface area contributed by atoms with E-state index in [1.54, 1.807) is 11.6 Å². The minimum atomic E-state index is -0.213. The number of rotatable bonds is 3. The molecule has 7 nitrogen and oxygen atoms in total. The highest BCUT2D eigenvalue weighted by atomic mass is 16.2. The summed E-state index contributed by atoms with van der Waals surface area (Å²) in [4.78, 5) is 27.4. The average Bonchev–Trinajstić information content (AvgIpc) is 2.89. The van der Waals surface area contributed by atoms with Crippen molar-refractivity contribution < 1.29 is 9.59 Å². The summed E-state index contributed by atoms with van der Waals surface area (Å²) in [6, 6.07) is 9.42. The van der Waals surface area contributed by atoms with Crippen molar-refractivity contribution in [1.29, 1.82) is 0 Å². The highest BCUT2D eigenvalue weighted by molar-refractivity contribution is 5.92. The van der Waals surface area contributed by atoms with Crippen molar-refractivity contribution >= 4 is 23.7 Å². The highest BCUT2D eigenvalue weighted by Crippen LogP contribution is 2.29. The molecule has 0 fully saturated rings. The van der Waals surface area contributed by atoms with Crippen LogP contribution < -0.4 is 10.6 Å². The van der Waals surface area contributed by atoms with E-state index in [1.165, 1.54) is 0 Å². The summed E-state index contributed by atoms with van der Waals surface area (Å²) in [5.74, 6) is 0.282. The highest BCUT2D eigenvalue weighted by Gasteiger charge is 2.29. The molecule has 2 amide bonds. The molecule has 0 aliphatic carbocycles. The second-order valence-electron chi connectivity index (χ2n) is 4.78. The molecule has 2 N–H and O–H groups in total. The van der Waals surface area contributed by atoms with Gasteiger partial charge in [0, 0.05) is 6.42 Å². The third-order valence-corrected chi connectivity index (χ3v) is 3.31. The first-order chi connectivity index (χ1) is 10.2. The fourth-order valence-corrected chi connectivity index (χ4v) is 2.26. The van der Waals surface area contributed by atoms with Crippen LogP contribution in [0.4, 0.5) is 11.9 Å². The van der Waals surface area contributed by atoms with Gasteiger partial charge in [-0.2, -0.15) is 4.98 Å². The maximum absolute atomic E-state index is 11.8. The Balaban J connectivity index is 1.96. The van der Waals surface area contributed by atoms with E-state index in [0.717, 1.165) is 5.56 Å². The Hall–Kier alpha value is -2.70. The van der Waals surface area contributed by atoms with Crippen LogP contribution in [-0.4, -0.2) is 26.6 Å². The van der Waals surface area contributed by atoms with Gasteiger partial charge in [-0.05, 0) is 5.56 Å². The van der Waals surface area contributed by atoms with E-state index in [-0.39, 0.29) is 23.8 Å². The molecule has 1 aromatic carbocycles. The number of carbonyl (C=O) groups is 2. The Morgan fingerprint density at radius 1 is 1.43 bits per heavy atom. The van der Waals surface area contributed by atoms with E-state index in [4.69, 9.17) is 0 Å². The number of nitrogens with one attached hydrogen (secondary N) is 2. The molecule has 0 bridgehead atoms. The van der Waals surface area contributed by atoms with Crippen LogP contribution in [0.2, 0.25) is 0 Å². The Bertz CT molecular complexity index is 680. The number of carbonyl (C=O) groups excluding carboxylic acids is 2. The lowest BCUT2D eigenvalue weighted by molar-refractivity contribution is -0.117. The zero-order valence-electron chi connectivity index (χ0n) is 11.5. The fourth-order valence-electron chi connectivity index (χ4n) is 2.26. The van der Waals surface area contributed by atoms with Gasteiger partial charge in [0.1, 0.15) is 0 Å². The van der Waals surface area contributed by atoms with Gasteiger partial charge >= 0.3 is 0 Å². The summed E-state index contributed by atoms with van der Waals surface area (Å²) >= 11 is 0. The molecule has 2 aromatic rings. The molecule has 2 heterocycles. The first-order valence-corrected chi connectivity index (χ1v) is 6.78. The largest absolute Gasteiger partial charge is 0.295 e. The SMILES string of the molecule is CCC(=O)Nc1nc2n(n1)C(c1ccccc1)CC(=O)N2. The molecule has 1 aliphatic heterocycles. The van der Waals surface area contributed by atoms with Crippen LogP contribution in [0.5, 0.6) is 0 Å². The molecular formula is C14H15N5O2. The predicted octanol–water partition coefficient (Wildman–Crippen LogP) is 1.56. The molecule has 0 saturated carbocycles. The summed E-state index contributed by atoms with van der Waals surface area (Å²) in [7, 11) is 0. The van der Waals surface area contributed by atoms with Gasteiger partial charge in [0.2, 0.25) is 17.8 Å². The minimum absolute atomic E-state index is 0.114. The number of fused-ring (bicyclic) bond motifs is 1. The van der Waals surface area contributed by atoms with Gasteiger partial charge in [0.05, 0.1) is 12.5 Å². The molecule has 0 spiro atoms. The normalized spacial score (nSPS) is 17.0. The average molecular weight is 285 g/mol. The summed E-state index contributed by atoms with van der Waals surface area (Å²) < 4.78 is 1.64. The molecular weight excluding hydrogens is 270 g/mol. The van der Waals surface area contributed by atoms with Crippen molar-refractivity contribution in [2.45, 2.75) is 25.8 Å². The van der Waals surface area contributed by atoms with Crippen molar-refractivity contribution in [3.8, 4) is 0 Å². The molecule has 7 heteroatoms. The van der Waals surface area contributed by atoms with E-state index < -0.39 is 0 Å². The number of amides is 2. The second-order valence-corrected chi connectivity index (χ2v) is 4.78. The Labute approximate surface area is 121 Å². The van der Waals surface area contributed by atoms with Gasteiger partial charge in [-0.15, -0.1) is 5.10 Å². The Kier molecular flexibility index (Phi) is 3.39.